The van der Waals surface area contributed by atoms with E-state index < -0.39 is 0 Å². The van der Waals surface area contributed by atoms with Crippen LogP contribution < -0.4 is 5.32 Å². The van der Waals surface area contributed by atoms with Crippen molar-refractivity contribution in [1.82, 2.24) is 10.2 Å². The van der Waals surface area contributed by atoms with Crippen LogP contribution in [-0.2, 0) is 14.3 Å². The van der Waals surface area contributed by atoms with Crippen LogP contribution in [0.1, 0.15) is 32.1 Å². The van der Waals surface area contributed by atoms with Crippen LogP contribution in [0.4, 0.5) is 0 Å². The maximum atomic E-state index is 12.1. The Hall–Kier alpha value is -0.650. The van der Waals surface area contributed by atoms with Gasteiger partial charge in [0.25, 0.3) is 0 Å². The average Bonchev–Trinajstić information content (AvgIpc) is 2.49. The van der Waals surface area contributed by atoms with Crippen molar-refractivity contribution in [2.75, 3.05) is 46.5 Å². The van der Waals surface area contributed by atoms with E-state index in [1.165, 1.54) is 0 Å². The zero-order chi connectivity index (χ0) is 14.2. The van der Waals surface area contributed by atoms with Crippen LogP contribution in [0, 0.1) is 5.92 Å². The molecule has 5 nitrogen and oxygen atoms in total. The summed E-state index contributed by atoms with van der Waals surface area (Å²) in [5.41, 5.74) is 0. The van der Waals surface area contributed by atoms with E-state index in [9.17, 15) is 4.79 Å². The minimum atomic E-state index is 0.199. The van der Waals surface area contributed by atoms with Crippen molar-refractivity contribution >= 4 is 5.91 Å². The van der Waals surface area contributed by atoms with Crippen LogP contribution in [0.15, 0.2) is 0 Å². The topological polar surface area (TPSA) is 50.8 Å². The number of carbonyl (C=O) groups is 1. The van der Waals surface area contributed by atoms with Gasteiger partial charge in [0.15, 0.2) is 0 Å². The summed E-state index contributed by atoms with van der Waals surface area (Å²) in [5.74, 6) is 0.800. The molecule has 0 aromatic carbocycles. The normalized spacial score (nSPS) is 21.9. The smallest absolute Gasteiger partial charge is 0.224 e. The van der Waals surface area contributed by atoms with Crippen LogP contribution in [-0.4, -0.2) is 63.4 Å². The van der Waals surface area contributed by atoms with Crippen molar-refractivity contribution < 1.29 is 14.3 Å². The number of rotatable bonds is 6. The number of amides is 1. The lowest BCUT2D eigenvalue weighted by Crippen LogP contribution is -2.36. The fourth-order valence-corrected chi connectivity index (χ4v) is 2.88. The van der Waals surface area contributed by atoms with E-state index in [2.05, 4.69) is 5.32 Å². The van der Waals surface area contributed by atoms with Crippen LogP contribution in [0.25, 0.3) is 0 Å². The Kier molecular flexibility index (Phi) is 6.76. The molecule has 0 unspecified atom stereocenters. The number of nitrogens with one attached hydrogen (secondary N) is 1. The van der Waals surface area contributed by atoms with Crippen molar-refractivity contribution in [3.8, 4) is 0 Å². The summed E-state index contributed by atoms with van der Waals surface area (Å²) >= 11 is 0. The van der Waals surface area contributed by atoms with Gasteiger partial charge in [-0.05, 0) is 44.7 Å². The number of carbonyl (C=O) groups excluding carboxylic acids is 1. The Bertz CT molecular complexity index is 287. The second kappa shape index (κ2) is 8.60. The van der Waals surface area contributed by atoms with Gasteiger partial charge in [0, 0.05) is 26.8 Å². The van der Waals surface area contributed by atoms with Gasteiger partial charge in [-0.15, -0.1) is 0 Å². The summed E-state index contributed by atoms with van der Waals surface area (Å²) in [6.07, 6.45) is 5.11. The van der Waals surface area contributed by atoms with Crippen LogP contribution in [0.5, 0.6) is 0 Å². The molecule has 2 fully saturated rings. The lowest BCUT2D eigenvalue weighted by atomic mass is 10.00. The molecule has 0 radical (unpaired) electrons. The van der Waals surface area contributed by atoms with Gasteiger partial charge in [0.1, 0.15) is 0 Å². The minimum Gasteiger partial charge on any atom is -0.381 e. The highest BCUT2D eigenvalue weighted by Crippen LogP contribution is 2.16. The molecule has 5 heteroatoms. The van der Waals surface area contributed by atoms with Gasteiger partial charge >= 0.3 is 0 Å². The number of nitrogens with zero attached hydrogens (tertiary/aromatic N) is 1. The fraction of sp³-hybridized carbons (Fsp3) is 0.933. The van der Waals surface area contributed by atoms with E-state index in [4.69, 9.17) is 9.47 Å². The molecule has 1 N–H and O–H groups in total. The molecule has 1 amide bonds. The molecule has 0 saturated carbocycles. The highest BCUT2D eigenvalue weighted by molar-refractivity contribution is 5.75. The maximum absolute atomic E-state index is 12.1. The molecule has 2 heterocycles. The van der Waals surface area contributed by atoms with Gasteiger partial charge in [-0.1, -0.05) is 0 Å². The Morgan fingerprint density at radius 3 is 2.65 bits per heavy atom. The predicted molar refractivity (Wildman–Crippen MR) is 77.6 cm³/mol. The standard InChI is InChI=1S/C15H28N2O3/c1-17(12-13-4-9-19-10-5-13)15(18)6-11-20-14-2-7-16-8-3-14/h13-14,16H,2-12H2,1H3. The number of piperidine rings is 1. The molecule has 0 aromatic heterocycles. The Morgan fingerprint density at radius 1 is 1.25 bits per heavy atom. The first-order chi connectivity index (χ1) is 9.75. The highest BCUT2D eigenvalue weighted by Gasteiger charge is 2.19. The Morgan fingerprint density at radius 2 is 1.95 bits per heavy atom. The lowest BCUT2D eigenvalue weighted by Gasteiger charge is -2.27. The molecule has 0 bridgehead atoms. The third-order valence-corrected chi connectivity index (χ3v) is 4.25. The number of ether oxygens (including phenoxy) is 2. The summed E-state index contributed by atoms with van der Waals surface area (Å²) < 4.78 is 11.1. The molecule has 0 spiro atoms. The van der Waals surface area contributed by atoms with Crippen molar-refractivity contribution in [1.29, 1.82) is 0 Å². The molecule has 2 rings (SSSR count). The van der Waals surface area contributed by atoms with Crippen molar-refractivity contribution in [3.63, 3.8) is 0 Å². The van der Waals surface area contributed by atoms with Gasteiger partial charge in [-0.2, -0.15) is 0 Å². The predicted octanol–water partition coefficient (Wildman–Crippen LogP) is 1.03. The summed E-state index contributed by atoms with van der Waals surface area (Å²) in [6, 6.07) is 0. The monoisotopic (exact) mass is 284 g/mol. The second-order valence-electron chi connectivity index (χ2n) is 5.90. The SMILES string of the molecule is CN(CC1CCOCC1)C(=O)CCOC1CCNCC1. The van der Waals surface area contributed by atoms with E-state index in [0.29, 0.717) is 25.0 Å². The molecule has 2 aliphatic heterocycles. The van der Waals surface area contributed by atoms with Gasteiger partial charge in [0.2, 0.25) is 5.91 Å². The quantitative estimate of drug-likeness (QED) is 0.791. The van der Waals surface area contributed by atoms with Crippen molar-refractivity contribution in [3.05, 3.63) is 0 Å². The third-order valence-electron chi connectivity index (χ3n) is 4.25. The summed E-state index contributed by atoms with van der Waals surface area (Å²) in [4.78, 5) is 13.9. The maximum Gasteiger partial charge on any atom is 0.224 e. The average molecular weight is 284 g/mol. The first-order valence-electron chi connectivity index (χ1n) is 7.89. The molecular weight excluding hydrogens is 256 g/mol. The van der Waals surface area contributed by atoms with Gasteiger partial charge in [-0.25, -0.2) is 0 Å². The van der Waals surface area contributed by atoms with Crippen LogP contribution in [0.2, 0.25) is 0 Å². The molecule has 0 aliphatic carbocycles. The van der Waals surface area contributed by atoms with E-state index in [1.807, 2.05) is 11.9 Å². The molecule has 0 aromatic rings. The summed E-state index contributed by atoms with van der Waals surface area (Å²) in [7, 11) is 1.91. The van der Waals surface area contributed by atoms with Crippen LogP contribution >= 0.6 is 0 Å². The zero-order valence-electron chi connectivity index (χ0n) is 12.6. The largest absolute Gasteiger partial charge is 0.381 e. The van der Waals surface area contributed by atoms with Crippen molar-refractivity contribution in [2.45, 2.75) is 38.2 Å². The molecular formula is C15H28N2O3. The fourth-order valence-electron chi connectivity index (χ4n) is 2.88. The van der Waals surface area contributed by atoms with E-state index >= 15 is 0 Å². The molecule has 116 valence electrons. The van der Waals surface area contributed by atoms with Gasteiger partial charge in [0.05, 0.1) is 19.1 Å². The first-order valence-corrected chi connectivity index (χ1v) is 7.89. The van der Waals surface area contributed by atoms with Gasteiger partial charge in [-0.3, -0.25) is 4.79 Å². The molecule has 2 aliphatic rings. The molecule has 20 heavy (non-hydrogen) atoms. The van der Waals surface area contributed by atoms with E-state index in [0.717, 1.165) is 58.5 Å². The second-order valence-corrected chi connectivity index (χ2v) is 5.90. The molecule has 2 saturated heterocycles. The third kappa shape index (κ3) is 5.38. The highest BCUT2D eigenvalue weighted by atomic mass is 16.5. The van der Waals surface area contributed by atoms with Gasteiger partial charge < -0.3 is 19.7 Å². The Labute approximate surface area is 122 Å². The number of hydrogen-bond donors (Lipinski definition) is 1. The lowest BCUT2D eigenvalue weighted by molar-refractivity contribution is -0.132. The van der Waals surface area contributed by atoms with Crippen LogP contribution in [0.3, 0.4) is 0 Å². The van der Waals surface area contributed by atoms with E-state index in [1.54, 1.807) is 0 Å². The molecule has 0 atom stereocenters. The minimum absolute atomic E-state index is 0.199. The first kappa shape index (κ1) is 15.7. The zero-order valence-corrected chi connectivity index (χ0v) is 12.6. The van der Waals surface area contributed by atoms with E-state index in [-0.39, 0.29) is 5.91 Å². The number of hydrogen-bond acceptors (Lipinski definition) is 4. The summed E-state index contributed by atoms with van der Waals surface area (Å²) in [6.45, 7) is 5.15. The van der Waals surface area contributed by atoms with Crippen molar-refractivity contribution in [2.24, 2.45) is 5.92 Å². The summed E-state index contributed by atoms with van der Waals surface area (Å²) in [5, 5.41) is 3.31. The Balaban J connectivity index is 1.58.